The predicted molar refractivity (Wildman–Crippen MR) is 117 cm³/mol. The van der Waals surface area contributed by atoms with Crippen molar-refractivity contribution in [2.45, 2.75) is 6.92 Å². The molecular formula is C24H19BrN2. The van der Waals surface area contributed by atoms with Gasteiger partial charge in [-0.2, -0.15) is 0 Å². The molecule has 4 rings (SSSR count). The minimum Gasteiger partial charge on any atom is -0.355 e. The van der Waals surface area contributed by atoms with Crippen molar-refractivity contribution in [1.82, 2.24) is 4.98 Å². The van der Waals surface area contributed by atoms with E-state index in [-0.39, 0.29) is 0 Å². The van der Waals surface area contributed by atoms with E-state index in [1.807, 2.05) is 18.3 Å². The Labute approximate surface area is 168 Å². The molecule has 3 heteroatoms. The van der Waals surface area contributed by atoms with E-state index in [9.17, 15) is 0 Å². The molecule has 27 heavy (non-hydrogen) atoms. The highest BCUT2D eigenvalue weighted by Gasteiger charge is 2.11. The van der Waals surface area contributed by atoms with Crippen molar-refractivity contribution in [3.8, 4) is 22.4 Å². The van der Waals surface area contributed by atoms with Crippen molar-refractivity contribution >= 4 is 27.3 Å². The maximum atomic E-state index is 4.59. The number of halogens is 1. The minimum absolute atomic E-state index is 0.928. The second kappa shape index (κ2) is 7.77. The maximum Gasteiger partial charge on any atom is 0.0734 e. The van der Waals surface area contributed by atoms with Crippen molar-refractivity contribution in [1.29, 1.82) is 0 Å². The largest absolute Gasteiger partial charge is 0.355 e. The Morgan fingerprint density at radius 1 is 0.741 bits per heavy atom. The molecule has 0 bridgehead atoms. The molecule has 2 nitrogen and oxygen atoms in total. The summed E-state index contributed by atoms with van der Waals surface area (Å²) >= 11 is 3.79. The maximum absolute atomic E-state index is 4.59. The van der Waals surface area contributed by atoms with Gasteiger partial charge in [-0.25, -0.2) is 0 Å². The number of aryl methyl sites for hydroxylation is 1. The molecule has 1 aromatic heterocycles. The Morgan fingerprint density at radius 3 is 2.26 bits per heavy atom. The van der Waals surface area contributed by atoms with Crippen LogP contribution in [0.3, 0.4) is 0 Å². The first-order valence-corrected chi connectivity index (χ1v) is 9.64. The Hall–Kier alpha value is -2.91. The first-order chi connectivity index (χ1) is 13.2. The molecule has 0 atom stereocenters. The summed E-state index contributed by atoms with van der Waals surface area (Å²) in [5.41, 5.74) is 7.67. The first kappa shape index (κ1) is 17.5. The summed E-state index contributed by atoms with van der Waals surface area (Å²) in [6, 6.07) is 29.1. The van der Waals surface area contributed by atoms with Crippen LogP contribution in [0.1, 0.15) is 5.56 Å². The highest BCUT2D eigenvalue weighted by molar-refractivity contribution is 9.10. The van der Waals surface area contributed by atoms with Crippen LogP contribution in [0, 0.1) is 6.92 Å². The van der Waals surface area contributed by atoms with Gasteiger partial charge in [-0.1, -0.05) is 66.2 Å². The van der Waals surface area contributed by atoms with Gasteiger partial charge in [0.05, 0.1) is 5.69 Å². The zero-order valence-electron chi connectivity index (χ0n) is 15.0. The Bertz CT molecular complexity index is 1060. The van der Waals surface area contributed by atoms with Crippen molar-refractivity contribution in [3.63, 3.8) is 0 Å². The van der Waals surface area contributed by atoms with Gasteiger partial charge in [-0.3, -0.25) is 4.98 Å². The smallest absolute Gasteiger partial charge is 0.0734 e. The summed E-state index contributed by atoms with van der Waals surface area (Å²) in [6.45, 7) is 2.09. The van der Waals surface area contributed by atoms with Gasteiger partial charge in [0, 0.05) is 27.6 Å². The SMILES string of the molecule is Cc1ccc(Nc2ccnc(-c3cccc(-c4ccccc4)c3Br)c2)cc1. The number of nitrogens with one attached hydrogen (secondary N) is 1. The fraction of sp³-hybridized carbons (Fsp3) is 0.0417. The average Bonchev–Trinajstić information content (AvgIpc) is 2.71. The van der Waals surface area contributed by atoms with E-state index in [4.69, 9.17) is 0 Å². The summed E-state index contributed by atoms with van der Waals surface area (Å²) in [7, 11) is 0. The molecule has 4 aromatic rings. The molecule has 0 saturated carbocycles. The van der Waals surface area contributed by atoms with Gasteiger partial charge in [0.2, 0.25) is 0 Å². The summed E-state index contributed by atoms with van der Waals surface area (Å²) in [5.74, 6) is 0. The van der Waals surface area contributed by atoms with Gasteiger partial charge in [0.1, 0.15) is 0 Å². The summed E-state index contributed by atoms with van der Waals surface area (Å²) < 4.78 is 1.05. The fourth-order valence-corrected chi connectivity index (χ4v) is 3.73. The molecule has 1 heterocycles. The number of rotatable bonds is 4. The Kier molecular flexibility index (Phi) is 5.03. The van der Waals surface area contributed by atoms with E-state index in [2.05, 4.69) is 106 Å². The Morgan fingerprint density at radius 2 is 1.48 bits per heavy atom. The average molecular weight is 415 g/mol. The quantitative estimate of drug-likeness (QED) is 0.380. The topological polar surface area (TPSA) is 24.9 Å². The Balaban J connectivity index is 1.69. The van der Waals surface area contributed by atoms with Crippen molar-refractivity contribution in [2.24, 2.45) is 0 Å². The number of aromatic nitrogens is 1. The third kappa shape index (κ3) is 3.93. The molecule has 0 aliphatic carbocycles. The van der Waals surface area contributed by atoms with E-state index in [1.165, 1.54) is 11.1 Å². The molecular weight excluding hydrogens is 396 g/mol. The van der Waals surface area contributed by atoms with Gasteiger partial charge in [-0.15, -0.1) is 0 Å². The van der Waals surface area contributed by atoms with Gasteiger partial charge in [0.15, 0.2) is 0 Å². The monoisotopic (exact) mass is 414 g/mol. The van der Waals surface area contributed by atoms with Crippen LogP contribution in [0.25, 0.3) is 22.4 Å². The summed E-state index contributed by atoms with van der Waals surface area (Å²) in [5, 5.41) is 3.45. The van der Waals surface area contributed by atoms with Crippen LogP contribution >= 0.6 is 15.9 Å². The molecule has 1 N–H and O–H groups in total. The van der Waals surface area contributed by atoms with Gasteiger partial charge in [0.25, 0.3) is 0 Å². The molecule has 0 aliphatic rings. The molecule has 0 fully saturated rings. The zero-order chi connectivity index (χ0) is 18.6. The molecule has 0 spiro atoms. The minimum atomic E-state index is 0.928. The van der Waals surface area contributed by atoms with E-state index < -0.39 is 0 Å². The van der Waals surface area contributed by atoms with Crippen molar-refractivity contribution < 1.29 is 0 Å². The summed E-state index contributed by atoms with van der Waals surface area (Å²) in [4.78, 5) is 4.59. The predicted octanol–water partition coefficient (Wildman–Crippen LogP) is 7.23. The van der Waals surface area contributed by atoms with Crippen molar-refractivity contribution in [2.75, 3.05) is 5.32 Å². The van der Waals surface area contributed by atoms with Crippen LogP contribution in [0.15, 0.2) is 95.6 Å². The fourth-order valence-electron chi connectivity index (χ4n) is 3.03. The first-order valence-electron chi connectivity index (χ1n) is 8.85. The molecule has 132 valence electrons. The van der Waals surface area contributed by atoms with Gasteiger partial charge < -0.3 is 5.32 Å². The lowest BCUT2D eigenvalue weighted by Crippen LogP contribution is -1.93. The van der Waals surface area contributed by atoms with Crippen LogP contribution in [0.5, 0.6) is 0 Å². The molecule has 0 saturated heterocycles. The number of hydrogen-bond donors (Lipinski definition) is 1. The normalized spacial score (nSPS) is 10.6. The van der Waals surface area contributed by atoms with Gasteiger partial charge in [-0.05, 0) is 58.2 Å². The number of pyridine rings is 1. The van der Waals surface area contributed by atoms with Crippen LogP contribution in [-0.4, -0.2) is 4.98 Å². The third-order valence-electron chi connectivity index (χ3n) is 4.46. The van der Waals surface area contributed by atoms with E-state index in [0.717, 1.165) is 32.7 Å². The zero-order valence-corrected chi connectivity index (χ0v) is 16.6. The van der Waals surface area contributed by atoms with Crippen LogP contribution in [-0.2, 0) is 0 Å². The van der Waals surface area contributed by atoms with Crippen LogP contribution < -0.4 is 5.32 Å². The number of nitrogens with zero attached hydrogens (tertiary/aromatic N) is 1. The lowest BCUT2D eigenvalue weighted by Gasteiger charge is -2.12. The number of benzene rings is 3. The van der Waals surface area contributed by atoms with E-state index in [0.29, 0.717) is 0 Å². The highest BCUT2D eigenvalue weighted by Crippen LogP contribution is 2.36. The molecule has 0 unspecified atom stereocenters. The highest BCUT2D eigenvalue weighted by atomic mass is 79.9. The molecule has 0 amide bonds. The van der Waals surface area contributed by atoms with Crippen LogP contribution in [0.2, 0.25) is 0 Å². The van der Waals surface area contributed by atoms with E-state index in [1.54, 1.807) is 0 Å². The second-order valence-electron chi connectivity index (χ2n) is 6.45. The lowest BCUT2D eigenvalue weighted by atomic mass is 10.0. The molecule has 0 radical (unpaired) electrons. The lowest BCUT2D eigenvalue weighted by molar-refractivity contribution is 1.31. The number of anilines is 2. The number of hydrogen-bond acceptors (Lipinski definition) is 2. The van der Waals surface area contributed by atoms with E-state index >= 15 is 0 Å². The standard InChI is InChI=1S/C24H19BrN2/c1-17-10-12-19(13-11-17)27-20-14-15-26-23(16-20)22-9-5-8-21(24(22)25)18-6-3-2-4-7-18/h2-16H,1H3,(H,26,27). The molecule has 3 aromatic carbocycles. The summed E-state index contributed by atoms with van der Waals surface area (Å²) in [6.07, 6.45) is 1.84. The second-order valence-corrected chi connectivity index (χ2v) is 7.25. The molecule has 0 aliphatic heterocycles. The van der Waals surface area contributed by atoms with Gasteiger partial charge >= 0.3 is 0 Å². The third-order valence-corrected chi connectivity index (χ3v) is 5.31. The van der Waals surface area contributed by atoms with Crippen molar-refractivity contribution in [3.05, 3.63) is 101 Å². The van der Waals surface area contributed by atoms with Crippen LogP contribution in [0.4, 0.5) is 11.4 Å².